The van der Waals surface area contributed by atoms with Crippen molar-refractivity contribution in [2.75, 3.05) is 13.1 Å². The molecule has 0 atom stereocenters. The molecule has 102 valence electrons. The van der Waals surface area contributed by atoms with E-state index in [9.17, 15) is 14.0 Å². The van der Waals surface area contributed by atoms with Gasteiger partial charge in [0.2, 0.25) is 5.91 Å². The Morgan fingerprint density at radius 3 is 2.63 bits per heavy atom. The molecule has 0 bridgehead atoms. The van der Waals surface area contributed by atoms with Crippen LogP contribution in [0.2, 0.25) is 0 Å². The molecular weight excluding hydrogens is 247 g/mol. The Hall–Kier alpha value is -1.91. The Kier molecular flexibility index (Phi) is 4.14. The van der Waals surface area contributed by atoms with Crippen LogP contribution in [0, 0.1) is 18.7 Å². The second-order valence-electron chi connectivity index (χ2n) is 4.76. The van der Waals surface area contributed by atoms with Crippen molar-refractivity contribution in [3.05, 3.63) is 35.1 Å². The normalized spacial score (nSPS) is 14.0. The van der Waals surface area contributed by atoms with Crippen molar-refractivity contribution in [3.63, 3.8) is 0 Å². The summed E-state index contributed by atoms with van der Waals surface area (Å²) in [7, 11) is 0. The molecule has 1 aromatic rings. The first-order valence-corrected chi connectivity index (χ1v) is 6.40. The first kappa shape index (κ1) is 13.5. The molecule has 0 radical (unpaired) electrons. The van der Waals surface area contributed by atoms with E-state index in [0.29, 0.717) is 18.7 Å². The SMILES string of the molecule is Cc1cccc(C(=O)NCCNC(=O)C2CC2)c1F. The highest BCUT2D eigenvalue weighted by molar-refractivity contribution is 5.94. The third kappa shape index (κ3) is 3.53. The van der Waals surface area contributed by atoms with Gasteiger partial charge in [-0.1, -0.05) is 12.1 Å². The van der Waals surface area contributed by atoms with Crippen LogP contribution in [0.15, 0.2) is 18.2 Å². The van der Waals surface area contributed by atoms with Crippen LogP contribution in [0.25, 0.3) is 0 Å². The molecule has 1 saturated carbocycles. The highest BCUT2D eigenvalue weighted by atomic mass is 19.1. The van der Waals surface area contributed by atoms with Gasteiger partial charge >= 0.3 is 0 Å². The lowest BCUT2D eigenvalue weighted by atomic mass is 10.1. The molecule has 0 spiro atoms. The van der Waals surface area contributed by atoms with Gasteiger partial charge in [0.1, 0.15) is 5.82 Å². The first-order valence-electron chi connectivity index (χ1n) is 6.40. The van der Waals surface area contributed by atoms with E-state index in [-0.39, 0.29) is 17.4 Å². The first-order chi connectivity index (χ1) is 9.09. The van der Waals surface area contributed by atoms with Crippen molar-refractivity contribution < 1.29 is 14.0 Å². The molecule has 5 heteroatoms. The highest BCUT2D eigenvalue weighted by Crippen LogP contribution is 2.28. The van der Waals surface area contributed by atoms with Gasteiger partial charge in [-0.15, -0.1) is 0 Å². The summed E-state index contributed by atoms with van der Waals surface area (Å²) < 4.78 is 13.7. The van der Waals surface area contributed by atoms with Gasteiger partial charge < -0.3 is 10.6 Å². The third-order valence-electron chi connectivity index (χ3n) is 3.09. The number of amides is 2. The number of rotatable bonds is 5. The third-order valence-corrected chi connectivity index (χ3v) is 3.09. The van der Waals surface area contributed by atoms with E-state index >= 15 is 0 Å². The van der Waals surface area contributed by atoms with Crippen LogP contribution in [0.5, 0.6) is 0 Å². The van der Waals surface area contributed by atoms with E-state index < -0.39 is 11.7 Å². The number of benzene rings is 1. The predicted octanol–water partition coefficient (Wildman–Crippen LogP) is 1.39. The zero-order chi connectivity index (χ0) is 13.8. The molecular formula is C14H17FN2O2. The van der Waals surface area contributed by atoms with Crippen molar-refractivity contribution >= 4 is 11.8 Å². The maximum Gasteiger partial charge on any atom is 0.254 e. The Morgan fingerprint density at radius 2 is 1.95 bits per heavy atom. The summed E-state index contributed by atoms with van der Waals surface area (Å²) in [6, 6.07) is 4.70. The van der Waals surface area contributed by atoms with Gasteiger partial charge in [0.15, 0.2) is 0 Å². The molecule has 2 rings (SSSR count). The van der Waals surface area contributed by atoms with Crippen molar-refractivity contribution in [2.24, 2.45) is 5.92 Å². The molecule has 0 aromatic heterocycles. The number of carbonyl (C=O) groups is 2. The molecule has 1 aromatic carbocycles. The average molecular weight is 264 g/mol. The van der Waals surface area contributed by atoms with Crippen LogP contribution in [0.3, 0.4) is 0 Å². The highest BCUT2D eigenvalue weighted by Gasteiger charge is 2.29. The second kappa shape index (κ2) is 5.82. The summed E-state index contributed by atoms with van der Waals surface area (Å²) >= 11 is 0. The number of nitrogens with one attached hydrogen (secondary N) is 2. The van der Waals surface area contributed by atoms with Crippen LogP contribution < -0.4 is 10.6 Å². The largest absolute Gasteiger partial charge is 0.354 e. The van der Waals surface area contributed by atoms with Crippen LogP contribution in [-0.4, -0.2) is 24.9 Å². The molecule has 4 nitrogen and oxygen atoms in total. The fourth-order valence-corrected chi connectivity index (χ4v) is 1.77. The van der Waals surface area contributed by atoms with E-state index in [2.05, 4.69) is 10.6 Å². The van der Waals surface area contributed by atoms with Crippen molar-refractivity contribution in [1.82, 2.24) is 10.6 Å². The molecule has 0 aliphatic heterocycles. The number of carbonyl (C=O) groups excluding carboxylic acids is 2. The maximum atomic E-state index is 13.7. The Balaban J connectivity index is 1.77. The van der Waals surface area contributed by atoms with Crippen LogP contribution in [-0.2, 0) is 4.79 Å². The van der Waals surface area contributed by atoms with E-state index in [1.807, 2.05) is 0 Å². The van der Waals surface area contributed by atoms with Crippen LogP contribution in [0.4, 0.5) is 4.39 Å². The van der Waals surface area contributed by atoms with Gasteiger partial charge in [0, 0.05) is 19.0 Å². The van der Waals surface area contributed by atoms with E-state index in [0.717, 1.165) is 12.8 Å². The molecule has 0 heterocycles. The fraction of sp³-hybridized carbons (Fsp3) is 0.429. The quantitative estimate of drug-likeness (QED) is 0.790. The van der Waals surface area contributed by atoms with Gasteiger partial charge in [-0.2, -0.15) is 0 Å². The summed E-state index contributed by atoms with van der Waals surface area (Å²) in [4.78, 5) is 23.1. The molecule has 1 aliphatic rings. The summed E-state index contributed by atoms with van der Waals surface area (Å²) in [5.41, 5.74) is 0.475. The van der Waals surface area contributed by atoms with Crippen LogP contribution in [0.1, 0.15) is 28.8 Å². The minimum atomic E-state index is -0.498. The molecule has 0 unspecified atom stereocenters. The van der Waals surface area contributed by atoms with E-state index in [1.165, 1.54) is 6.07 Å². The maximum absolute atomic E-state index is 13.7. The predicted molar refractivity (Wildman–Crippen MR) is 69.2 cm³/mol. The fourth-order valence-electron chi connectivity index (χ4n) is 1.77. The standard InChI is InChI=1S/C14H17FN2O2/c1-9-3-2-4-11(12(9)15)14(19)17-8-7-16-13(18)10-5-6-10/h2-4,10H,5-8H2,1H3,(H,16,18)(H,17,19). The van der Waals surface area contributed by atoms with Gasteiger partial charge in [-0.3, -0.25) is 9.59 Å². The molecule has 0 saturated heterocycles. The van der Waals surface area contributed by atoms with Gasteiger partial charge in [0.25, 0.3) is 5.91 Å². The minimum absolute atomic E-state index is 0.0357. The summed E-state index contributed by atoms with van der Waals surface area (Å²) in [5.74, 6) is -0.759. The smallest absolute Gasteiger partial charge is 0.254 e. The number of hydrogen-bond donors (Lipinski definition) is 2. The van der Waals surface area contributed by atoms with Crippen molar-refractivity contribution in [3.8, 4) is 0 Å². The lowest BCUT2D eigenvalue weighted by molar-refractivity contribution is -0.122. The molecule has 2 N–H and O–H groups in total. The monoisotopic (exact) mass is 264 g/mol. The zero-order valence-electron chi connectivity index (χ0n) is 10.8. The Morgan fingerprint density at radius 1 is 1.26 bits per heavy atom. The Labute approximate surface area is 111 Å². The summed E-state index contributed by atoms with van der Waals surface area (Å²) in [5, 5.41) is 5.32. The number of halogens is 1. The summed E-state index contributed by atoms with van der Waals surface area (Å²) in [6.07, 6.45) is 1.90. The summed E-state index contributed by atoms with van der Waals surface area (Å²) in [6.45, 7) is 2.28. The minimum Gasteiger partial charge on any atom is -0.354 e. The number of hydrogen-bond acceptors (Lipinski definition) is 2. The van der Waals surface area contributed by atoms with E-state index in [1.54, 1.807) is 19.1 Å². The van der Waals surface area contributed by atoms with Gasteiger partial charge in [-0.05, 0) is 31.4 Å². The Bertz CT molecular complexity index is 498. The van der Waals surface area contributed by atoms with Gasteiger partial charge in [-0.25, -0.2) is 4.39 Å². The topological polar surface area (TPSA) is 58.2 Å². The van der Waals surface area contributed by atoms with Crippen molar-refractivity contribution in [2.45, 2.75) is 19.8 Å². The number of aryl methyl sites for hydroxylation is 1. The van der Waals surface area contributed by atoms with Crippen LogP contribution >= 0.6 is 0 Å². The second-order valence-corrected chi connectivity index (χ2v) is 4.76. The lowest BCUT2D eigenvalue weighted by Gasteiger charge is -2.08. The molecule has 19 heavy (non-hydrogen) atoms. The lowest BCUT2D eigenvalue weighted by Crippen LogP contribution is -2.35. The van der Waals surface area contributed by atoms with E-state index in [4.69, 9.17) is 0 Å². The zero-order valence-corrected chi connectivity index (χ0v) is 10.8. The molecule has 2 amide bonds. The average Bonchev–Trinajstić information content (AvgIpc) is 3.21. The molecule has 1 fully saturated rings. The van der Waals surface area contributed by atoms with Gasteiger partial charge in [0.05, 0.1) is 5.56 Å². The van der Waals surface area contributed by atoms with Crippen molar-refractivity contribution in [1.29, 1.82) is 0 Å². The molecule has 1 aliphatic carbocycles.